The van der Waals surface area contributed by atoms with Crippen LogP contribution in [-0.2, 0) is 17.6 Å². The standard InChI is InChI=1S/C27H18O3/c28-19(13-17-9-11-26-22(15-17)20-5-1-3-7-24(20)29-26)14-18-10-12-27-23(16-18)21-6-2-4-8-25(21)30-27/h1-12,15-16H,13-14H2. The maximum absolute atomic E-state index is 12.8. The summed E-state index contributed by atoms with van der Waals surface area (Å²) < 4.78 is 11.8. The summed E-state index contributed by atoms with van der Waals surface area (Å²) in [5.41, 5.74) is 5.46. The first kappa shape index (κ1) is 17.0. The van der Waals surface area contributed by atoms with Gasteiger partial charge in [-0.2, -0.15) is 0 Å². The summed E-state index contributed by atoms with van der Waals surface area (Å²) in [4.78, 5) is 12.8. The van der Waals surface area contributed by atoms with Gasteiger partial charge in [-0.1, -0.05) is 48.5 Å². The molecule has 3 heteroatoms. The lowest BCUT2D eigenvalue weighted by Gasteiger charge is -2.03. The molecule has 2 aromatic heterocycles. The highest BCUT2D eigenvalue weighted by Gasteiger charge is 2.12. The molecule has 6 rings (SSSR count). The summed E-state index contributed by atoms with van der Waals surface area (Å²) in [6.07, 6.45) is 0.805. The third-order valence-corrected chi connectivity index (χ3v) is 5.68. The van der Waals surface area contributed by atoms with Gasteiger partial charge >= 0.3 is 0 Å². The maximum atomic E-state index is 12.8. The minimum Gasteiger partial charge on any atom is -0.456 e. The van der Waals surface area contributed by atoms with Crippen molar-refractivity contribution in [2.24, 2.45) is 0 Å². The zero-order valence-electron chi connectivity index (χ0n) is 16.2. The Bertz CT molecular complexity index is 1450. The van der Waals surface area contributed by atoms with Gasteiger partial charge in [0.25, 0.3) is 0 Å². The quantitative estimate of drug-likeness (QED) is 0.331. The van der Waals surface area contributed by atoms with E-state index >= 15 is 0 Å². The van der Waals surface area contributed by atoms with E-state index in [2.05, 4.69) is 24.3 Å². The van der Waals surface area contributed by atoms with Crippen molar-refractivity contribution in [2.45, 2.75) is 12.8 Å². The summed E-state index contributed by atoms with van der Waals surface area (Å²) in [7, 11) is 0. The van der Waals surface area contributed by atoms with E-state index in [0.29, 0.717) is 12.8 Å². The van der Waals surface area contributed by atoms with Crippen LogP contribution in [0, 0.1) is 0 Å². The molecule has 0 amide bonds. The zero-order chi connectivity index (χ0) is 20.1. The molecule has 0 atom stereocenters. The molecule has 0 N–H and O–H groups in total. The first-order valence-corrected chi connectivity index (χ1v) is 10.1. The maximum Gasteiger partial charge on any atom is 0.141 e. The summed E-state index contributed by atoms with van der Waals surface area (Å²) in [6.45, 7) is 0. The lowest BCUT2D eigenvalue weighted by Crippen LogP contribution is -2.06. The SMILES string of the molecule is O=C(Cc1ccc2oc3ccccc3c2c1)Cc1ccc2oc3ccccc3c2c1. The third kappa shape index (κ3) is 2.79. The van der Waals surface area contributed by atoms with Crippen molar-refractivity contribution in [1.29, 1.82) is 0 Å². The van der Waals surface area contributed by atoms with Gasteiger partial charge in [0.05, 0.1) is 0 Å². The van der Waals surface area contributed by atoms with Crippen molar-refractivity contribution < 1.29 is 13.6 Å². The first-order valence-electron chi connectivity index (χ1n) is 10.1. The highest BCUT2D eigenvalue weighted by atomic mass is 16.3. The molecule has 0 aliphatic carbocycles. The molecule has 0 saturated heterocycles. The van der Waals surface area contributed by atoms with Crippen molar-refractivity contribution in [3.05, 3.63) is 96.1 Å². The molecule has 0 radical (unpaired) electrons. The van der Waals surface area contributed by atoms with Crippen LogP contribution in [0.3, 0.4) is 0 Å². The monoisotopic (exact) mass is 390 g/mol. The lowest BCUT2D eigenvalue weighted by atomic mass is 10.00. The van der Waals surface area contributed by atoms with Crippen LogP contribution in [0.15, 0.2) is 93.8 Å². The fraction of sp³-hybridized carbons (Fsp3) is 0.0741. The van der Waals surface area contributed by atoms with Crippen molar-refractivity contribution in [3.8, 4) is 0 Å². The molecule has 0 saturated carbocycles. The smallest absolute Gasteiger partial charge is 0.141 e. The number of furan rings is 2. The van der Waals surface area contributed by atoms with Crippen molar-refractivity contribution in [1.82, 2.24) is 0 Å². The predicted octanol–water partition coefficient (Wildman–Crippen LogP) is 6.84. The fourth-order valence-corrected chi connectivity index (χ4v) is 4.28. The second-order valence-electron chi connectivity index (χ2n) is 7.75. The summed E-state index contributed by atoms with van der Waals surface area (Å²) in [5.74, 6) is 0.189. The molecule has 0 aliphatic heterocycles. The van der Waals surface area contributed by atoms with Crippen LogP contribution in [0.4, 0.5) is 0 Å². The number of carbonyl (C=O) groups excluding carboxylic acids is 1. The lowest BCUT2D eigenvalue weighted by molar-refractivity contribution is -0.117. The molecule has 0 spiro atoms. The molecule has 0 aliphatic rings. The average molecular weight is 390 g/mol. The predicted molar refractivity (Wildman–Crippen MR) is 120 cm³/mol. The van der Waals surface area contributed by atoms with Gasteiger partial charge in [-0.05, 0) is 47.5 Å². The largest absolute Gasteiger partial charge is 0.456 e. The molecular formula is C27H18O3. The van der Waals surface area contributed by atoms with E-state index in [0.717, 1.165) is 55.0 Å². The van der Waals surface area contributed by atoms with E-state index in [1.807, 2.05) is 60.7 Å². The van der Waals surface area contributed by atoms with E-state index in [4.69, 9.17) is 8.83 Å². The Kier molecular flexibility index (Phi) is 3.75. The number of rotatable bonds is 4. The highest BCUT2D eigenvalue weighted by Crippen LogP contribution is 2.30. The Morgan fingerprint density at radius 1 is 0.533 bits per heavy atom. The van der Waals surface area contributed by atoms with Crippen molar-refractivity contribution >= 4 is 49.7 Å². The number of hydrogen-bond donors (Lipinski definition) is 0. The minimum atomic E-state index is 0.189. The van der Waals surface area contributed by atoms with Crippen LogP contribution in [0.5, 0.6) is 0 Å². The number of Topliss-reactive ketones (excluding diaryl/α,β-unsaturated/α-hetero) is 1. The zero-order valence-corrected chi connectivity index (χ0v) is 16.2. The average Bonchev–Trinajstić information content (AvgIpc) is 3.31. The first-order chi connectivity index (χ1) is 14.7. The van der Waals surface area contributed by atoms with E-state index in [-0.39, 0.29) is 5.78 Å². The molecule has 2 heterocycles. The Balaban J connectivity index is 1.29. The van der Waals surface area contributed by atoms with Gasteiger partial charge in [-0.3, -0.25) is 4.79 Å². The van der Waals surface area contributed by atoms with Crippen molar-refractivity contribution in [3.63, 3.8) is 0 Å². The molecule has 0 bridgehead atoms. The summed E-state index contributed by atoms with van der Waals surface area (Å²) in [5, 5.41) is 4.28. The number of benzene rings is 4. The van der Waals surface area contributed by atoms with Gasteiger partial charge in [-0.25, -0.2) is 0 Å². The van der Waals surface area contributed by atoms with E-state index in [1.54, 1.807) is 0 Å². The molecule has 30 heavy (non-hydrogen) atoms. The minimum absolute atomic E-state index is 0.189. The molecule has 144 valence electrons. The van der Waals surface area contributed by atoms with Gasteiger partial charge in [0.1, 0.15) is 28.1 Å². The van der Waals surface area contributed by atoms with Gasteiger partial charge in [0, 0.05) is 34.4 Å². The van der Waals surface area contributed by atoms with E-state index < -0.39 is 0 Å². The Hall–Kier alpha value is -3.85. The number of fused-ring (bicyclic) bond motifs is 6. The number of carbonyl (C=O) groups is 1. The van der Waals surface area contributed by atoms with E-state index in [9.17, 15) is 4.79 Å². The fourth-order valence-electron chi connectivity index (χ4n) is 4.28. The van der Waals surface area contributed by atoms with Crippen LogP contribution < -0.4 is 0 Å². The summed E-state index contributed by atoms with van der Waals surface area (Å²) >= 11 is 0. The van der Waals surface area contributed by atoms with E-state index in [1.165, 1.54) is 0 Å². The van der Waals surface area contributed by atoms with Crippen LogP contribution in [0.25, 0.3) is 43.9 Å². The normalized spacial score (nSPS) is 11.7. The molecule has 6 aromatic rings. The van der Waals surface area contributed by atoms with Crippen LogP contribution >= 0.6 is 0 Å². The Morgan fingerprint density at radius 2 is 0.967 bits per heavy atom. The second kappa shape index (κ2) is 6.60. The Morgan fingerprint density at radius 3 is 1.47 bits per heavy atom. The van der Waals surface area contributed by atoms with Crippen LogP contribution in [0.2, 0.25) is 0 Å². The second-order valence-corrected chi connectivity index (χ2v) is 7.75. The highest BCUT2D eigenvalue weighted by molar-refractivity contribution is 6.06. The molecule has 4 aromatic carbocycles. The van der Waals surface area contributed by atoms with Gasteiger partial charge in [-0.15, -0.1) is 0 Å². The number of ketones is 1. The van der Waals surface area contributed by atoms with Crippen LogP contribution in [0.1, 0.15) is 11.1 Å². The molecule has 0 fully saturated rings. The number of hydrogen-bond acceptors (Lipinski definition) is 3. The Labute approximate surface area is 172 Å². The van der Waals surface area contributed by atoms with Crippen LogP contribution in [-0.4, -0.2) is 5.78 Å². The van der Waals surface area contributed by atoms with Gasteiger partial charge < -0.3 is 8.83 Å². The van der Waals surface area contributed by atoms with Crippen molar-refractivity contribution in [2.75, 3.05) is 0 Å². The van der Waals surface area contributed by atoms with Gasteiger partial charge in [0.2, 0.25) is 0 Å². The van der Waals surface area contributed by atoms with Gasteiger partial charge in [0.15, 0.2) is 0 Å². The molecule has 3 nitrogen and oxygen atoms in total. The topological polar surface area (TPSA) is 43.4 Å². The third-order valence-electron chi connectivity index (χ3n) is 5.68. The molecule has 0 unspecified atom stereocenters. The summed E-state index contributed by atoms with van der Waals surface area (Å²) in [6, 6.07) is 28.0. The number of para-hydroxylation sites is 2. The molecular weight excluding hydrogens is 372 g/mol.